The minimum absolute atomic E-state index is 0.0638. The Hall–Kier alpha value is -3.98. The Kier molecular flexibility index (Phi) is 7.57. The van der Waals surface area contributed by atoms with Crippen molar-refractivity contribution in [3.05, 3.63) is 78.6 Å². The first-order chi connectivity index (χ1) is 17.0. The molecule has 180 valence electrons. The van der Waals surface area contributed by atoms with Crippen LogP contribution in [0.25, 0.3) is 0 Å². The average molecular weight is 491 g/mol. The third kappa shape index (κ3) is 5.58. The number of amides is 2. The first-order valence-electron chi connectivity index (χ1n) is 11.2. The first kappa shape index (κ1) is 24.2. The Balaban J connectivity index is 1.55. The lowest BCUT2D eigenvalue weighted by Gasteiger charge is -2.23. The fourth-order valence-electron chi connectivity index (χ4n) is 3.84. The number of thiocarbonyl (C=S) groups is 1. The standard InChI is InChI=1S/C26H26N4O4S/c1-3-34-22-11-7-18(8-12-22)28-24(31)16-23-25(32)30(20-9-13-21(33-2)14-10-20)26(35)29(23)17-19-6-4-5-15-27-19/h4-15,23H,3,16-17H2,1-2H3,(H,28,31)/t23-/m1/s1. The number of hydrogen-bond acceptors (Lipinski definition) is 6. The van der Waals surface area contributed by atoms with Gasteiger partial charge >= 0.3 is 0 Å². The third-order valence-corrected chi connectivity index (χ3v) is 5.95. The lowest BCUT2D eigenvalue weighted by atomic mass is 10.1. The molecule has 1 atom stereocenters. The van der Waals surface area contributed by atoms with Crippen molar-refractivity contribution in [1.29, 1.82) is 0 Å². The van der Waals surface area contributed by atoms with Gasteiger partial charge in [-0.05, 0) is 79.8 Å². The van der Waals surface area contributed by atoms with Crippen LogP contribution in [0.15, 0.2) is 72.9 Å². The van der Waals surface area contributed by atoms with Crippen LogP contribution in [0.2, 0.25) is 0 Å². The number of hydrogen-bond donors (Lipinski definition) is 1. The van der Waals surface area contributed by atoms with Crippen molar-refractivity contribution in [3.63, 3.8) is 0 Å². The van der Waals surface area contributed by atoms with Gasteiger partial charge in [0, 0.05) is 11.9 Å². The number of benzene rings is 2. The van der Waals surface area contributed by atoms with Gasteiger partial charge in [0.05, 0.1) is 38.1 Å². The van der Waals surface area contributed by atoms with Crippen LogP contribution in [-0.2, 0) is 16.1 Å². The number of nitrogens with one attached hydrogen (secondary N) is 1. The van der Waals surface area contributed by atoms with Gasteiger partial charge in [0.25, 0.3) is 5.91 Å². The molecule has 0 aliphatic carbocycles. The zero-order valence-electron chi connectivity index (χ0n) is 19.5. The van der Waals surface area contributed by atoms with E-state index >= 15 is 0 Å². The van der Waals surface area contributed by atoms with E-state index in [1.165, 1.54) is 4.90 Å². The van der Waals surface area contributed by atoms with Gasteiger partial charge < -0.3 is 19.7 Å². The van der Waals surface area contributed by atoms with E-state index in [1.807, 2.05) is 25.1 Å². The Bertz CT molecular complexity index is 1190. The summed E-state index contributed by atoms with van der Waals surface area (Å²) in [6, 6.07) is 18.9. The lowest BCUT2D eigenvalue weighted by Crippen LogP contribution is -2.37. The second-order valence-corrected chi connectivity index (χ2v) is 8.19. The van der Waals surface area contributed by atoms with E-state index in [-0.39, 0.29) is 18.2 Å². The highest BCUT2D eigenvalue weighted by molar-refractivity contribution is 7.80. The first-order valence-corrected chi connectivity index (χ1v) is 11.6. The van der Waals surface area contributed by atoms with Crippen molar-refractivity contribution in [2.45, 2.75) is 25.9 Å². The number of aromatic nitrogens is 1. The van der Waals surface area contributed by atoms with Crippen molar-refractivity contribution >= 4 is 40.5 Å². The Morgan fingerprint density at radius 1 is 1.06 bits per heavy atom. The number of methoxy groups -OCH3 is 1. The van der Waals surface area contributed by atoms with Gasteiger partial charge in [-0.2, -0.15) is 0 Å². The summed E-state index contributed by atoms with van der Waals surface area (Å²) >= 11 is 5.71. The van der Waals surface area contributed by atoms with E-state index in [9.17, 15) is 9.59 Å². The molecule has 1 N–H and O–H groups in total. The van der Waals surface area contributed by atoms with Crippen molar-refractivity contribution in [1.82, 2.24) is 9.88 Å². The number of anilines is 2. The molecular formula is C26H26N4O4S. The fourth-order valence-corrected chi connectivity index (χ4v) is 4.22. The molecule has 0 bridgehead atoms. The number of carbonyl (C=O) groups excluding carboxylic acids is 2. The van der Waals surface area contributed by atoms with Crippen LogP contribution in [0.1, 0.15) is 19.0 Å². The highest BCUT2D eigenvalue weighted by atomic mass is 32.1. The maximum absolute atomic E-state index is 13.5. The number of carbonyl (C=O) groups is 2. The van der Waals surface area contributed by atoms with E-state index in [1.54, 1.807) is 66.7 Å². The smallest absolute Gasteiger partial charge is 0.256 e. The SMILES string of the molecule is CCOc1ccc(NC(=O)C[C@@H]2C(=O)N(c3ccc(OC)cc3)C(=S)N2Cc2ccccn2)cc1. The summed E-state index contributed by atoms with van der Waals surface area (Å²) in [5, 5.41) is 3.18. The number of nitrogens with zero attached hydrogens (tertiary/aromatic N) is 3. The lowest BCUT2D eigenvalue weighted by molar-refractivity contribution is -0.124. The predicted octanol–water partition coefficient (Wildman–Crippen LogP) is 4.02. The predicted molar refractivity (Wildman–Crippen MR) is 138 cm³/mol. The normalized spacial score (nSPS) is 15.3. The highest BCUT2D eigenvalue weighted by Gasteiger charge is 2.44. The quantitative estimate of drug-likeness (QED) is 0.454. The summed E-state index contributed by atoms with van der Waals surface area (Å²) in [6.45, 7) is 2.77. The second-order valence-electron chi connectivity index (χ2n) is 7.83. The summed E-state index contributed by atoms with van der Waals surface area (Å²) in [5.41, 5.74) is 1.98. The van der Waals surface area contributed by atoms with E-state index in [0.717, 1.165) is 11.4 Å². The van der Waals surface area contributed by atoms with Crippen LogP contribution in [0, 0.1) is 0 Å². The van der Waals surface area contributed by atoms with Crippen LogP contribution in [0.3, 0.4) is 0 Å². The minimum atomic E-state index is -0.769. The molecule has 3 aromatic rings. The maximum atomic E-state index is 13.5. The number of rotatable bonds is 9. The molecule has 0 radical (unpaired) electrons. The molecule has 4 rings (SSSR count). The third-order valence-electron chi connectivity index (χ3n) is 5.54. The fraction of sp³-hybridized carbons (Fsp3) is 0.231. The molecule has 0 spiro atoms. The van der Waals surface area contributed by atoms with Gasteiger partial charge in [-0.3, -0.25) is 19.5 Å². The molecule has 1 aromatic heterocycles. The largest absolute Gasteiger partial charge is 0.497 e. The Morgan fingerprint density at radius 2 is 1.77 bits per heavy atom. The summed E-state index contributed by atoms with van der Waals surface area (Å²) in [7, 11) is 1.58. The molecule has 1 fully saturated rings. The van der Waals surface area contributed by atoms with Gasteiger partial charge in [0.15, 0.2) is 5.11 Å². The summed E-state index contributed by atoms with van der Waals surface area (Å²) in [4.78, 5) is 34.0. The molecule has 2 heterocycles. The number of ether oxygens (including phenoxy) is 2. The highest BCUT2D eigenvalue weighted by Crippen LogP contribution is 2.30. The van der Waals surface area contributed by atoms with Gasteiger partial charge in [0.2, 0.25) is 5.91 Å². The Morgan fingerprint density at radius 3 is 2.40 bits per heavy atom. The van der Waals surface area contributed by atoms with E-state index in [0.29, 0.717) is 35.4 Å². The van der Waals surface area contributed by atoms with Gasteiger partial charge in [-0.25, -0.2) is 0 Å². The molecule has 35 heavy (non-hydrogen) atoms. The molecule has 9 heteroatoms. The van der Waals surface area contributed by atoms with E-state index in [4.69, 9.17) is 21.7 Å². The minimum Gasteiger partial charge on any atom is -0.497 e. The summed E-state index contributed by atoms with van der Waals surface area (Å²) < 4.78 is 10.7. The summed E-state index contributed by atoms with van der Waals surface area (Å²) in [6.07, 6.45) is 1.62. The van der Waals surface area contributed by atoms with Gasteiger partial charge in [-0.15, -0.1) is 0 Å². The van der Waals surface area contributed by atoms with Crippen molar-refractivity contribution in [3.8, 4) is 11.5 Å². The molecular weight excluding hydrogens is 464 g/mol. The monoisotopic (exact) mass is 490 g/mol. The van der Waals surface area contributed by atoms with Crippen LogP contribution in [0.5, 0.6) is 11.5 Å². The molecule has 1 saturated heterocycles. The van der Waals surface area contributed by atoms with Crippen molar-refractivity contribution in [2.75, 3.05) is 23.9 Å². The van der Waals surface area contributed by atoms with Crippen molar-refractivity contribution in [2.24, 2.45) is 0 Å². The zero-order valence-corrected chi connectivity index (χ0v) is 20.3. The zero-order chi connectivity index (χ0) is 24.8. The second kappa shape index (κ2) is 11.0. The van der Waals surface area contributed by atoms with Gasteiger partial charge in [-0.1, -0.05) is 6.07 Å². The number of pyridine rings is 1. The van der Waals surface area contributed by atoms with Crippen LogP contribution in [0.4, 0.5) is 11.4 Å². The van der Waals surface area contributed by atoms with Crippen LogP contribution < -0.4 is 19.7 Å². The molecule has 1 aliphatic heterocycles. The Labute approximate surface area is 209 Å². The molecule has 2 aromatic carbocycles. The van der Waals surface area contributed by atoms with Crippen LogP contribution in [-0.4, -0.2) is 46.6 Å². The van der Waals surface area contributed by atoms with Gasteiger partial charge in [0.1, 0.15) is 17.5 Å². The van der Waals surface area contributed by atoms with E-state index in [2.05, 4.69) is 10.3 Å². The molecule has 2 amide bonds. The molecule has 0 unspecified atom stereocenters. The maximum Gasteiger partial charge on any atom is 0.256 e. The molecule has 8 nitrogen and oxygen atoms in total. The average Bonchev–Trinajstić information content (AvgIpc) is 3.10. The molecule has 1 aliphatic rings. The summed E-state index contributed by atoms with van der Waals surface area (Å²) in [5.74, 6) is 0.831. The van der Waals surface area contributed by atoms with E-state index < -0.39 is 6.04 Å². The van der Waals surface area contributed by atoms with Crippen LogP contribution >= 0.6 is 12.2 Å². The van der Waals surface area contributed by atoms with Crippen molar-refractivity contribution < 1.29 is 19.1 Å². The topological polar surface area (TPSA) is 84.0 Å². The molecule has 0 saturated carbocycles.